The van der Waals surface area contributed by atoms with Crippen LogP contribution < -0.4 is 0 Å². The molecule has 0 spiro atoms. The van der Waals surface area contributed by atoms with Crippen LogP contribution in [0.1, 0.15) is 74.1 Å². The lowest BCUT2D eigenvalue weighted by molar-refractivity contribution is -0.176. The van der Waals surface area contributed by atoms with E-state index in [9.17, 15) is 4.79 Å². The van der Waals surface area contributed by atoms with Crippen molar-refractivity contribution in [2.24, 2.45) is 22.7 Å². The molecule has 2 atom stereocenters. The maximum absolute atomic E-state index is 12.5. The molecule has 0 aromatic heterocycles. The molecular formula is C17H32O2. The van der Waals surface area contributed by atoms with E-state index in [1.165, 1.54) is 0 Å². The summed E-state index contributed by atoms with van der Waals surface area (Å²) >= 11 is 0. The Morgan fingerprint density at radius 1 is 1.37 bits per heavy atom. The molecule has 0 heterocycles. The molecule has 0 radical (unpaired) electrons. The van der Waals surface area contributed by atoms with Gasteiger partial charge >= 0.3 is 5.97 Å². The molecule has 0 bridgehead atoms. The van der Waals surface area contributed by atoms with Gasteiger partial charge in [-0.15, -0.1) is 0 Å². The second kappa shape index (κ2) is 5.85. The van der Waals surface area contributed by atoms with E-state index in [4.69, 9.17) is 4.74 Å². The summed E-state index contributed by atoms with van der Waals surface area (Å²) in [5.74, 6) is 1.17. The average Bonchev–Trinajstić information content (AvgIpc) is 2.26. The van der Waals surface area contributed by atoms with Gasteiger partial charge in [-0.1, -0.05) is 34.1 Å². The Morgan fingerprint density at radius 2 is 1.89 bits per heavy atom. The molecule has 2 heteroatoms. The van der Waals surface area contributed by atoms with Crippen molar-refractivity contribution in [1.82, 2.24) is 0 Å². The maximum atomic E-state index is 12.5. The summed E-state index contributed by atoms with van der Waals surface area (Å²) in [6.07, 6.45) is 4.54. The predicted octanol–water partition coefficient (Wildman–Crippen LogP) is 4.82. The van der Waals surface area contributed by atoms with Crippen LogP contribution in [0.4, 0.5) is 0 Å². The first-order chi connectivity index (χ1) is 8.64. The molecule has 1 rings (SSSR count). The summed E-state index contributed by atoms with van der Waals surface area (Å²) in [5.41, 5.74) is -0.267. The fourth-order valence-corrected chi connectivity index (χ4v) is 3.36. The molecule has 0 N–H and O–H groups in total. The van der Waals surface area contributed by atoms with E-state index in [0.29, 0.717) is 5.92 Å². The fourth-order valence-electron chi connectivity index (χ4n) is 3.36. The zero-order valence-electron chi connectivity index (χ0n) is 13.9. The lowest BCUT2D eigenvalue weighted by atomic mass is 9.52. The van der Waals surface area contributed by atoms with E-state index in [1.807, 2.05) is 6.92 Å². The van der Waals surface area contributed by atoms with Gasteiger partial charge in [0.1, 0.15) is 6.10 Å². The van der Waals surface area contributed by atoms with Crippen molar-refractivity contribution in [1.29, 1.82) is 0 Å². The Bertz CT molecular complexity index is 313. The summed E-state index contributed by atoms with van der Waals surface area (Å²) in [5, 5.41) is 0. The minimum Gasteiger partial charge on any atom is -0.462 e. The molecule has 0 saturated heterocycles. The zero-order valence-corrected chi connectivity index (χ0v) is 13.9. The second-order valence-electron chi connectivity index (χ2n) is 7.58. The topological polar surface area (TPSA) is 26.3 Å². The Kier molecular flexibility index (Phi) is 5.08. The van der Waals surface area contributed by atoms with Crippen LogP contribution in [-0.4, -0.2) is 12.1 Å². The molecule has 2 unspecified atom stereocenters. The Hall–Kier alpha value is -0.530. The number of hydrogen-bond acceptors (Lipinski definition) is 2. The van der Waals surface area contributed by atoms with E-state index in [0.717, 1.165) is 31.6 Å². The minimum absolute atomic E-state index is 0.0163. The van der Waals surface area contributed by atoms with Crippen molar-refractivity contribution in [2.75, 3.05) is 0 Å². The van der Waals surface area contributed by atoms with E-state index >= 15 is 0 Å². The Morgan fingerprint density at radius 3 is 2.32 bits per heavy atom. The monoisotopic (exact) mass is 268 g/mol. The lowest BCUT2D eigenvalue weighted by Crippen LogP contribution is -2.50. The first-order valence-electron chi connectivity index (χ1n) is 7.85. The van der Waals surface area contributed by atoms with Gasteiger partial charge in [0, 0.05) is 0 Å². The van der Waals surface area contributed by atoms with Gasteiger partial charge in [-0.3, -0.25) is 4.79 Å². The largest absolute Gasteiger partial charge is 0.462 e. The van der Waals surface area contributed by atoms with Crippen LogP contribution in [-0.2, 0) is 9.53 Å². The summed E-state index contributed by atoms with van der Waals surface area (Å²) in [6.45, 7) is 15.0. The van der Waals surface area contributed by atoms with Gasteiger partial charge in [0.05, 0.1) is 5.41 Å². The van der Waals surface area contributed by atoms with Crippen molar-refractivity contribution in [3.05, 3.63) is 0 Å². The molecule has 1 aliphatic carbocycles. The smallest absolute Gasteiger partial charge is 0.312 e. The average molecular weight is 268 g/mol. The lowest BCUT2D eigenvalue weighted by Gasteiger charge is -2.52. The number of ether oxygens (including phenoxy) is 1. The second-order valence-corrected chi connectivity index (χ2v) is 7.58. The van der Waals surface area contributed by atoms with Crippen molar-refractivity contribution in [3.8, 4) is 0 Å². The molecular weight excluding hydrogens is 236 g/mol. The van der Waals surface area contributed by atoms with Crippen LogP contribution in [0.3, 0.4) is 0 Å². The minimum atomic E-state index is -0.375. The van der Waals surface area contributed by atoms with Crippen LogP contribution in [0.5, 0.6) is 0 Å². The fraction of sp³-hybridized carbons (Fsp3) is 0.941. The molecule has 19 heavy (non-hydrogen) atoms. The van der Waals surface area contributed by atoms with Gasteiger partial charge in [0.2, 0.25) is 0 Å². The third kappa shape index (κ3) is 3.32. The number of carbonyl (C=O) groups excluding carboxylic acids is 1. The van der Waals surface area contributed by atoms with Crippen LogP contribution in [0.15, 0.2) is 0 Å². The van der Waals surface area contributed by atoms with Crippen LogP contribution in [0.2, 0.25) is 0 Å². The quantitative estimate of drug-likeness (QED) is 0.646. The first kappa shape index (κ1) is 16.5. The molecule has 0 aliphatic heterocycles. The van der Waals surface area contributed by atoms with Crippen molar-refractivity contribution < 1.29 is 9.53 Å². The highest BCUT2D eigenvalue weighted by molar-refractivity contribution is 5.77. The molecule has 112 valence electrons. The van der Waals surface area contributed by atoms with E-state index in [1.54, 1.807) is 0 Å². The van der Waals surface area contributed by atoms with Gasteiger partial charge in [-0.25, -0.2) is 0 Å². The molecule has 1 saturated carbocycles. The standard InChI is InChI=1S/C17H32O2/c1-8-9-13(3)14(4)19-15(18)16(5,6)17(7)10-12(2)11-17/h12-14H,8-11H2,1-7H3. The molecule has 1 aliphatic rings. The van der Waals surface area contributed by atoms with Crippen LogP contribution >= 0.6 is 0 Å². The Labute approximate surface area is 119 Å². The normalized spacial score (nSPS) is 30.4. The molecule has 2 nitrogen and oxygen atoms in total. The van der Waals surface area contributed by atoms with E-state index in [-0.39, 0.29) is 22.9 Å². The van der Waals surface area contributed by atoms with E-state index in [2.05, 4.69) is 41.5 Å². The third-order valence-corrected chi connectivity index (χ3v) is 5.46. The van der Waals surface area contributed by atoms with Crippen LogP contribution in [0.25, 0.3) is 0 Å². The number of rotatable bonds is 6. The third-order valence-electron chi connectivity index (χ3n) is 5.46. The highest BCUT2D eigenvalue weighted by Crippen LogP contribution is 2.56. The van der Waals surface area contributed by atoms with Crippen molar-refractivity contribution in [2.45, 2.75) is 80.3 Å². The predicted molar refractivity (Wildman–Crippen MR) is 79.9 cm³/mol. The number of carbonyl (C=O) groups is 1. The van der Waals surface area contributed by atoms with Gasteiger partial charge in [0.15, 0.2) is 0 Å². The maximum Gasteiger partial charge on any atom is 0.312 e. The zero-order chi connectivity index (χ0) is 14.8. The molecule has 0 aromatic rings. The first-order valence-corrected chi connectivity index (χ1v) is 7.85. The number of hydrogen-bond donors (Lipinski definition) is 0. The highest BCUT2D eigenvalue weighted by atomic mass is 16.5. The summed E-state index contributed by atoms with van der Waals surface area (Å²) in [7, 11) is 0. The van der Waals surface area contributed by atoms with Gasteiger partial charge in [0.25, 0.3) is 0 Å². The molecule has 1 fully saturated rings. The summed E-state index contributed by atoms with van der Waals surface area (Å²) in [4.78, 5) is 12.5. The highest BCUT2D eigenvalue weighted by Gasteiger charge is 2.53. The summed E-state index contributed by atoms with van der Waals surface area (Å²) < 4.78 is 5.75. The van der Waals surface area contributed by atoms with E-state index < -0.39 is 0 Å². The van der Waals surface area contributed by atoms with Gasteiger partial charge in [-0.2, -0.15) is 0 Å². The van der Waals surface area contributed by atoms with Crippen molar-refractivity contribution in [3.63, 3.8) is 0 Å². The molecule has 0 amide bonds. The summed E-state index contributed by atoms with van der Waals surface area (Å²) in [6, 6.07) is 0. The van der Waals surface area contributed by atoms with Crippen LogP contribution in [0, 0.1) is 22.7 Å². The molecule has 0 aromatic carbocycles. The Balaban J connectivity index is 2.61. The SMILES string of the molecule is CCCC(C)C(C)OC(=O)C(C)(C)C1(C)CC(C)C1. The van der Waals surface area contributed by atoms with Crippen molar-refractivity contribution >= 4 is 5.97 Å². The van der Waals surface area contributed by atoms with Gasteiger partial charge < -0.3 is 4.74 Å². The van der Waals surface area contributed by atoms with Gasteiger partial charge in [-0.05, 0) is 57.3 Å². The number of esters is 1.